The molecule has 0 aromatic carbocycles. The Hall–Kier alpha value is -0.610. The number of nitrogens with one attached hydrogen (secondary N) is 1. The van der Waals surface area contributed by atoms with Crippen LogP contribution in [0.5, 0.6) is 0 Å². The van der Waals surface area contributed by atoms with Gasteiger partial charge in [0.2, 0.25) is 0 Å². The van der Waals surface area contributed by atoms with Crippen LogP contribution in [0.3, 0.4) is 0 Å². The van der Waals surface area contributed by atoms with Crippen molar-refractivity contribution in [3.05, 3.63) is 10.6 Å². The smallest absolute Gasteiger partial charge is 0.186 e. The molecule has 1 fully saturated rings. The number of thiazole rings is 1. The van der Waals surface area contributed by atoms with Gasteiger partial charge in [-0.2, -0.15) is 0 Å². The molecule has 0 bridgehead atoms. The molecule has 1 N–H and O–H groups in total. The van der Waals surface area contributed by atoms with Gasteiger partial charge in [0.15, 0.2) is 5.13 Å². The summed E-state index contributed by atoms with van der Waals surface area (Å²) >= 11 is 1.92. The van der Waals surface area contributed by atoms with Gasteiger partial charge < -0.3 is 10.2 Å². The van der Waals surface area contributed by atoms with Crippen LogP contribution in [0, 0.1) is 5.41 Å². The predicted octanol–water partition coefficient (Wildman–Crippen LogP) is 3.36. The van der Waals surface area contributed by atoms with Crippen molar-refractivity contribution in [2.24, 2.45) is 5.41 Å². The summed E-state index contributed by atoms with van der Waals surface area (Å²) < 4.78 is 0. The highest BCUT2D eigenvalue weighted by atomic mass is 32.1. The van der Waals surface area contributed by atoms with Gasteiger partial charge in [-0.05, 0) is 45.1 Å². The van der Waals surface area contributed by atoms with Gasteiger partial charge in [0.25, 0.3) is 0 Å². The minimum Gasteiger partial charge on any atom is -0.345 e. The molecule has 2 aliphatic carbocycles. The van der Waals surface area contributed by atoms with Crippen LogP contribution in [0.1, 0.15) is 56.6 Å². The Morgan fingerprint density at radius 2 is 2.16 bits per heavy atom. The third-order valence-electron chi connectivity index (χ3n) is 4.36. The summed E-state index contributed by atoms with van der Waals surface area (Å²) in [5.41, 5.74) is 1.71. The summed E-state index contributed by atoms with van der Waals surface area (Å²) in [6, 6.07) is 1.25. The van der Waals surface area contributed by atoms with Crippen molar-refractivity contribution >= 4 is 16.5 Å². The summed E-state index contributed by atoms with van der Waals surface area (Å²) in [7, 11) is 2.08. The van der Waals surface area contributed by atoms with Crippen molar-refractivity contribution in [3.63, 3.8) is 0 Å². The molecule has 1 saturated carbocycles. The van der Waals surface area contributed by atoms with Crippen molar-refractivity contribution in [3.8, 4) is 0 Å². The minimum absolute atomic E-state index is 0.364. The SMILES string of the molecule is CCN(c1nc2c(s1)C(NC)CC(C)(C)C2)C1CC1. The first kappa shape index (κ1) is 13.4. The quantitative estimate of drug-likeness (QED) is 0.916. The molecule has 106 valence electrons. The molecule has 2 aliphatic rings. The van der Waals surface area contributed by atoms with Gasteiger partial charge >= 0.3 is 0 Å². The first-order valence-corrected chi connectivity index (χ1v) is 8.29. The number of anilines is 1. The van der Waals surface area contributed by atoms with Gasteiger partial charge in [0.1, 0.15) is 0 Å². The lowest BCUT2D eigenvalue weighted by atomic mass is 9.76. The zero-order valence-electron chi connectivity index (χ0n) is 12.5. The van der Waals surface area contributed by atoms with E-state index in [0.717, 1.165) is 19.0 Å². The second-order valence-electron chi connectivity index (χ2n) is 6.71. The van der Waals surface area contributed by atoms with E-state index < -0.39 is 0 Å². The monoisotopic (exact) mass is 279 g/mol. The number of nitrogens with zero attached hydrogens (tertiary/aromatic N) is 2. The number of hydrogen-bond donors (Lipinski definition) is 1. The van der Waals surface area contributed by atoms with Crippen molar-refractivity contribution in [2.45, 2.75) is 58.5 Å². The van der Waals surface area contributed by atoms with Crippen LogP contribution < -0.4 is 10.2 Å². The normalized spacial score (nSPS) is 25.2. The molecule has 1 aromatic heterocycles. The molecule has 0 radical (unpaired) electrons. The summed E-state index contributed by atoms with van der Waals surface area (Å²) in [5.74, 6) is 0. The first-order valence-electron chi connectivity index (χ1n) is 7.47. The molecule has 1 unspecified atom stereocenters. The van der Waals surface area contributed by atoms with Crippen molar-refractivity contribution in [1.82, 2.24) is 10.3 Å². The van der Waals surface area contributed by atoms with E-state index in [2.05, 4.69) is 38.0 Å². The number of hydrogen-bond acceptors (Lipinski definition) is 4. The van der Waals surface area contributed by atoms with E-state index in [1.807, 2.05) is 11.3 Å². The highest BCUT2D eigenvalue weighted by molar-refractivity contribution is 7.15. The van der Waals surface area contributed by atoms with E-state index >= 15 is 0 Å². The standard InChI is InChI=1S/C15H25N3S/c1-5-18(10-6-7-10)14-17-12-9-15(2,3)8-11(16-4)13(12)19-14/h10-11,16H,5-9H2,1-4H3. The summed E-state index contributed by atoms with van der Waals surface area (Å²) in [5, 5.41) is 4.74. The Kier molecular flexibility index (Phi) is 3.34. The molecule has 0 spiro atoms. The molecule has 1 heterocycles. The average molecular weight is 279 g/mol. The third kappa shape index (κ3) is 2.52. The van der Waals surface area contributed by atoms with Crippen LogP contribution >= 0.6 is 11.3 Å². The molecule has 0 saturated heterocycles. The maximum absolute atomic E-state index is 4.98. The Bertz CT molecular complexity index is 462. The van der Waals surface area contributed by atoms with Crippen LogP contribution in [0.25, 0.3) is 0 Å². The van der Waals surface area contributed by atoms with Gasteiger partial charge in [-0.3, -0.25) is 0 Å². The minimum atomic E-state index is 0.364. The van der Waals surface area contributed by atoms with Gasteiger partial charge in [0, 0.05) is 23.5 Å². The molecular weight excluding hydrogens is 254 g/mol. The fraction of sp³-hybridized carbons (Fsp3) is 0.800. The zero-order valence-corrected chi connectivity index (χ0v) is 13.3. The van der Waals surface area contributed by atoms with E-state index in [-0.39, 0.29) is 0 Å². The summed E-state index contributed by atoms with van der Waals surface area (Å²) in [6.45, 7) is 8.05. The summed E-state index contributed by atoms with van der Waals surface area (Å²) in [6.07, 6.45) is 5.03. The fourth-order valence-corrected chi connectivity index (χ4v) is 4.54. The maximum atomic E-state index is 4.98. The molecule has 1 atom stereocenters. The Morgan fingerprint density at radius 1 is 1.42 bits per heavy atom. The average Bonchev–Trinajstić information content (AvgIpc) is 3.09. The molecule has 1 aromatic rings. The van der Waals surface area contributed by atoms with Gasteiger partial charge in [-0.1, -0.05) is 25.2 Å². The molecule has 0 aliphatic heterocycles. The van der Waals surface area contributed by atoms with Crippen molar-refractivity contribution in [2.75, 3.05) is 18.5 Å². The van der Waals surface area contributed by atoms with E-state index in [1.54, 1.807) is 0 Å². The van der Waals surface area contributed by atoms with Crippen molar-refractivity contribution in [1.29, 1.82) is 0 Å². The van der Waals surface area contributed by atoms with E-state index in [4.69, 9.17) is 4.98 Å². The largest absolute Gasteiger partial charge is 0.345 e. The zero-order chi connectivity index (χ0) is 13.6. The lowest BCUT2D eigenvalue weighted by molar-refractivity contribution is 0.265. The van der Waals surface area contributed by atoms with Crippen LogP contribution in [0.4, 0.5) is 5.13 Å². The number of rotatable bonds is 4. The Labute approximate surface area is 120 Å². The fourth-order valence-electron chi connectivity index (χ4n) is 3.21. The van der Waals surface area contributed by atoms with Crippen LogP contribution in [-0.4, -0.2) is 24.6 Å². The van der Waals surface area contributed by atoms with Gasteiger partial charge in [0.05, 0.1) is 5.69 Å². The predicted molar refractivity (Wildman–Crippen MR) is 82.1 cm³/mol. The number of aromatic nitrogens is 1. The second kappa shape index (κ2) is 4.74. The molecule has 19 heavy (non-hydrogen) atoms. The maximum Gasteiger partial charge on any atom is 0.186 e. The van der Waals surface area contributed by atoms with Gasteiger partial charge in [-0.15, -0.1) is 0 Å². The highest BCUT2D eigenvalue weighted by Gasteiger charge is 2.36. The van der Waals surface area contributed by atoms with E-state index in [0.29, 0.717) is 11.5 Å². The van der Waals surface area contributed by atoms with Gasteiger partial charge in [-0.25, -0.2) is 4.98 Å². The lowest BCUT2D eigenvalue weighted by Gasteiger charge is -2.34. The summed E-state index contributed by atoms with van der Waals surface area (Å²) in [4.78, 5) is 8.97. The Morgan fingerprint density at radius 3 is 2.74 bits per heavy atom. The molecular formula is C15H25N3S. The Balaban J connectivity index is 1.92. The van der Waals surface area contributed by atoms with E-state index in [9.17, 15) is 0 Å². The first-order chi connectivity index (χ1) is 9.04. The van der Waals surface area contributed by atoms with Crippen molar-refractivity contribution < 1.29 is 0 Å². The van der Waals surface area contributed by atoms with E-state index in [1.165, 1.54) is 35.0 Å². The number of fused-ring (bicyclic) bond motifs is 1. The molecule has 0 amide bonds. The topological polar surface area (TPSA) is 28.2 Å². The molecule has 3 rings (SSSR count). The van der Waals surface area contributed by atoms with Crippen LogP contribution in [0.2, 0.25) is 0 Å². The lowest BCUT2D eigenvalue weighted by Crippen LogP contribution is -2.30. The molecule has 3 nitrogen and oxygen atoms in total. The second-order valence-corrected chi connectivity index (χ2v) is 7.72. The van der Waals surface area contributed by atoms with Crippen LogP contribution in [-0.2, 0) is 6.42 Å². The molecule has 4 heteroatoms. The third-order valence-corrected chi connectivity index (χ3v) is 5.61. The van der Waals surface area contributed by atoms with Crippen LogP contribution in [0.15, 0.2) is 0 Å². The highest BCUT2D eigenvalue weighted by Crippen LogP contribution is 2.45.